The third-order valence-electron chi connectivity index (χ3n) is 4.20. The Morgan fingerprint density at radius 1 is 1.33 bits per heavy atom. The molecule has 0 saturated carbocycles. The minimum Gasteiger partial charge on any atom is -0.453 e. The van der Waals surface area contributed by atoms with Gasteiger partial charge in [-0.1, -0.05) is 0 Å². The van der Waals surface area contributed by atoms with E-state index >= 15 is 0 Å². The van der Waals surface area contributed by atoms with Gasteiger partial charge in [0, 0.05) is 31.7 Å². The highest BCUT2D eigenvalue weighted by molar-refractivity contribution is 5.40. The normalized spacial score (nSPS) is 32.1. The monoisotopic (exact) mass is 247 g/mol. The fourth-order valence-electron chi connectivity index (χ4n) is 3.19. The van der Waals surface area contributed by atoms with Crippen LogP contribution in [-0.4, -0.2) is 42.4 Å². The van der Waals surface area contributed by atoms with Crippen LogP contribution >= 0.6 is 0 Å². The Labute approximate surface area is 106 Å². The Morgan fingerprint density at radius 2 is 2.28 bits per heavy atom. The van der Waals surface area contributed by atoms with E-state index < -0.39 is 0 Å². The zero-order chi connectivity index (χ0) is 11.9. The van der Waals surface area contributed by atoms with E-state index in [1.807, 2.05) is 6.07 Å². The van der Waals surface area contributed by atoms with E-state index in [1.54, 1.807) is 6.20 Å². The van der Waals surface area contributed by atoms with Crippen LogP contribution in [0.5, 0.6) is 11.5 Å². The van der Waals surface area contributed by atoms with Crippen molar-refractivity contribution in [2.24, 2.45) is 5.92 Å². The summed E-state index contributed by atoms with van der Waals surface area (Å²) in [7, 11) is 0. The molecule has 1 aromatic rings. The maximum absolute atomic E-state index is 5.36. The summed E-state index contributed by atoms with van der Waals surface area (Å²) >= 11 is 0. The lowest BCUT2D eigenvalue weighted by Crippen LogP contribution is -2.39. The molecule has 4 rings (SSSR count). The lowest BCUT2D eigenvalue weighted by Gasteiger charge is -2.23. The summed E-state index contributed by atoms with van der Waals surface area (Å²) in [6, 6.07) is 2.61. The number of nitrogens with one attached hydrogen (secondary N) is 1. The molecule has 2 bridgehead atoms. The van der Waals surface area contributed by atoms with Crippen molar-refractivity contribution in [1.82, 2.24) is 15.2 Å². The summed E-state index contributed by atoms with van der Waals surface area (Å²) in [5.41, 5.74) is 1.03. The van der Waals surface area contributed by atoms with Gasteiger partial charge in [-0.15, -0.1) is 0 Å². The minimum absolute atomic E-state index is 0.313. The number of rotatable bonds is 3. The van der Waals surface area contributed by atoms with E-state index in [9.17, 15) is 0 Å². The molecule has 3 aliphatic heterocycles. The van der Waals surface area contributed by atoms with Crippen LogP contribution < -0.4 is 14.8 Å². The van der Waals surface area contributed by atoms with Crippen LogP contribution in [0.1, 0.15) is 12.1 Å². The molecule has 0 aromatic carbocycles. The third-order valence-corrected chi connectivity index (χ3v) is 4.20. The zero-order valence-corrected chi connectivity index (χ0v) is 10.3. The Balaban J connectivity index is 1.40. The molecule has 5 heteroatoms. The molecule has 2 saturated heterocycles. The van der Waals surface area contributed by atoms with Gasteiger partial charge in [-0.05, 0) is 18.9 Å². The van der Waals surface area contributed by atoms with E-state index in [0.717, 1.165) is 29.7 Å². The Bertz CT molecular complexity index is 466. The van der Waals surface area contributed by atoms with Gasteiger partial charge in [-0.2, -0.15) is 0 Å². The molecule has 1 N–H and O–H groups in total. The van der Waals surface area contributed by atoms with Gasteiger partial charge in [-0.3, -0.25) is 4.98 Å². The molecule has 96 valence electrons. The van der Waals surface area contributed by atoms with E-state index in [2.05, 4.69) is 15.2 Å². The Kier molecular flexibility index (Phi) is 2.41. The van der Waals surface area contributed by atoms with E-state index in [1.165, 1.54) is 26.1 Å². The van der Waals surface area contributed by atoms with Crippen molar-refractivity contribution in [3.05, 3.63) is 18.0 Å². The van der Waals surface area contributed by atoms with Crippen molar-refractivity contribution in [2.75, 3.05) is 26.4 Å². The second kappa shape index (κ2) is 4.10. The van der Waals surface area contributed by atoms with E-state index in [-0.39, 0.29) is 0 Å². The van der Waals surface area contributed by atoms with Crippen molar-refractivity contribution in [3.8, 4) is 11.5 Å². The summed E-state index contributed by atoms with van der Waals surface area (Å²) in [4.78, 5) is 6.93. The highest BCUT2D eigenvalue weighted by Crippen LogP contribution is 2.31. The van der Waals surface area contributed by atoms with Gasteiger partial charge in [0.1, 0.15) is 0 Å². The van der Waals surface area contributed by atoms with Crippen LogP contribution in [0.2, 0.25) is 0 Å². The van der Waals surface area contributed by atoms with Gasteiger partial charge in [-0.25, -0.2) is 0 Å². The molecule has 5 nitrogen and oxygen atoms in total. The van der Waals surface area contributed by atoms with Crippen molar-refractivity contribution < 1.29 is 9.47 Å². The average molecular weight is 247 g/mol. The first-order valence-electron chi connectivity index (χ1n) is 6.59. The molecule has 0 spiro atoms. The van der Waals surface area contributed by atoms with Crippen LogP contribution in [0.3, 0.4) is 0 Å². The third kappa shape index (κ3) is 1.74. The smallest absolute Gasteiger partial charge is 0.231 e. The van der Waals surface area contributed by atoms with Gasteiger partial charge in [0.2, 0.25) is 6.79 Å². The van der Waals surface area contributed by atoms with Gasteiger partial charge in [0.25, 0.3) is 0 Å². The molecule has 1 aromatic heterocycles. The standard InChI is InChI=1S/C13H17N3O2/c1-2-16-6-9(1)11(7-16)15-4-10-3-12-13(5-14-10)18-8-17-12/h3,5,9,11,15H,1-2,4,6-8H2. The summed E-state index contributed by atoms with van der Waals surface area (Å²) in [5, 5.41) is 3.62. The topological polar surface area (TPSA) is 46.6 Å². The van der Waals surface area contributed by atoms with Crippen LogP contribution in [-0.2, 0) is 6.54 Å². The van der Waals surface area contributed by atoms with E-state index in [0.29, 0.717) is 12.8 Å². The summed E-state index contributed by atoms with van der Waals surface area (Å²) < 4.78 is 10.6. The Hall–Kier alpha value is -1.33. The van der Waals surface area contributed by atoms with Crippen molar-refractivity contribution >= 4 is 0 Å². The molecule has 0 amide bonds. The van der Waals surface area contributed by atoms with Gasteiger partial charge in [0.05, 0.1) is 11.9 Å². The summed E-state index contributed by atoms with van der Waals surface area (Å²) in [5.74, 6) is 2.40. The lowest BCUT2D eigenvalue weighted by atomic mass is 10.00. The minimum atomic E-state index is 0.313. The predicted molar refractivity (Wildman–Crippen MR) is 65.5 cm³/mol. The first-order valence-corrected chi connectivity index (χ1v) is 6.59. The Morgan fingerprint density at radius 3 is 3.11 bits per heavy atom. The second-order valence-electron chi connectivity index (χ2n) is 5.32. The van der Waals surface area contributed by atoms with Crippen LogP contribution in [0.4, 0.5) is 0 Å². The van der Waals surface area contributed by atoms with Gasteiger partial charge >= 0.3 is 0 Å². The fourth-order valence-corrected chi connectivity index (χ4v) is 3.19. The van der Waals surface area contributed by atoms with Crippen molar-refractivity contribution in [1.29, 1.82) is 0 Å². The lowest BCUT2D eigenvalue weighted by molar-refractivity contribution is 0.174. The maximum Gasteiger partial charge on any atom is 0.231 e. The van der Waals surface area contributed by atoms with Gasteiger partial charge < -0.3 is 19.7 Å². The maximum atomic E-state index is 5.36. The zero-order valence-electron chi connectivity index (χ0n) is 10.3. The quantitative estimate of drug-likeness (QED) is 0.847. The number of fused-ring (bicyclic) bond motifs is 3. The van der Waals surface area contributed by atoms with Crippen LogP contribution in [0.15, 0.2) is 12.3 Å². The molecule has 3 atom stereocenters. The number of pyridine rings is 1. The molecule has 18 heavy (non-hydrogen) atoms. The van der Waals surface area contributed by atoms with E-state index in [4.69, 9.17) is 9.47 Å². The van der Waals surface area contributed by atoms with Gasteiger partial charge in [0.15, 0.2) is 11.5 Å². The molecule has 3 unspecified atom stereocenters. The van der Waals surface area contributed by atoms with Crippen molar-refractivity contribution in [2.45, 2.75) is 19.0 Å². The number of piperidine rings is 1. The highest BCUT2D eigenvalue weighted by Gasteiger charge is 2.37. The first-order chi connectivity index (χ1) is 8.88. The highest BCUT2D eigenvalue weighted by atomic mass is 16.7. The molecule has 2 fully saturated rings. The molecular weight excluding hydrogens is 230 g/mol. The number of nitrogens with zero attached hydrogens (tertiary/aromatic N) is 2. The SMILES string of the molecule is c1nc(CNC2CN3CCC2C3)cc2c1OCO2. The molecule has 4 heterocycles. The predicted octanol–water partition coefficient (Wildman–Crippen LogP) is 0.604. The molecule has 0 aliphatic carbocycles. The van der Waals surface area contributed by atoms with Crippen molar-refractivity contribution in [3.63, 3.8) is 0 Å². The van der Waals surface area contributed by atoms with Crippen LogP contribution in [0, 0.1) is 5.92 Å². The number of aromatic nitrogens is 1. The largest absolute Gasteiger partial charge is 0.453 e. The number of hydrogen-bond donors (Lipinski definition) is 1. The van der Waals surface area contributed by atoms with Crippen LogP contribution in [0.25, 0.3) is 0 Å². The number of hydrogen-bond acceptors (Lipinski definition) is 5. The first kappa shape index (κ1) is 10.6. The molecule has 0 radical (unpaired) electrons. The summed E-state index contributed by atoms with van der Waals surface area (Å²) in [6.07, 6.45) is 3.09. The average Bonchev–Trinajstić information content (AvgIpc) is 3.11. The molecule has 3 aliphatic rings. The number of ether oxygens (including phenoxy) is 2. The molecular formula is C13H17N3O2. The fraction of sp³-hybridized carbons (Fsp3) is 0.615. The second-order valence-corrected chi connectivity index (χ2v) is 5.32. The summed E-state index contributed by atoms with van der Waals surface area (Å²) in [6.45, 7) is 4.87.